The van der Waals surface area contributed by atoms with Crippen molar-refractivity contribution in [1.29, 1.82) is 0 Å². The van der Waals surface area contributed by atoms with Gasteiger partial charge in [0.2, 0.25) is 11.8 Å². The summed E-state index contributed by atoms with van der Waals surface area (Å²) in [5.41, 5.74) is 3.85. The minimum Gasteiger partial charge on any atom is -0.361 e. The number of carbonyl (C=O) groups is 2. The monoisotopic (exact) mass is 479 g/mol. The van der Waals surface area contributed by atoms with Gasteiger partial charge in [-0.25, -0.2) is 0 Å². The molecule has 3 N–H and O–H groups in total. The van der Waals surface area contributed by atoms with E-state index in [1.54, 1.807) is 0 Å². The summed E-state index contributed by atoms with van der Waals surface area (Å²) in [6.45, 7) is 0. The van der Waals surface area contributed by atoms with Crippen molar-refractivity contribution >= 4 is 22.7 Å². The van der Waals surface area contributed by atoms with Crippen molar-refractivity contribution in [2.75, 3.05) is 0 Å². The number of hydrogen-bond donors (Lipinski definition) is 3. The number of benzene rings is 3. The van der Waals surface area contributed by atoms with Crippen molar-refractivity contribution < 1.29 is 9.59 Å². The Morgan fingerprint density at radius 3 is 2.06 bits per heavy atom. The lowest BCUT2D eigenvalue weighted by Gasteiger charge is -2.27. The molecule has 4 aromatic rings. The maximum absolute atomic E-state index is 13.8. The van der Waals surface area contributed by atoms with Gasteiger partial charge in [0.1, 0.15) is 6.04 Å². The van der Waals surface area contributed by atoms with Crippen molar-refractivity contribution in [2.45, 2.75) is 56.5 Å². The predicted molar refractivity (Wildman–Crippen MR) is 144 cm³/mol. The Bertz CT molecular complexity index is 1250. The summed E-state index contributed by atoms with van der Waals surface area (Å²) in [5, 5.41) is 7.45. The standard InChI is InChI=1S/C31H33N3O2/c35-30(33-25-16-8-3-9-17-25)28(20-24-21-32-27-19-11-10-18-26(24)27)34-31(36)29(22-12-4-1-5-13-22)23-14-6-2-7-15-23/h1-2,4-7,10-15,18-19,21,25,28-29,32H,3,8-9,16-17,20H2,(H,33,35)(H,34,36). The Morgan fingerprint density at radius 2 is 1.39 bits per heavy atom. The van der Waals surface area contributed by atoms with E-state index < -0.39 is 12.0 Å². The maximum Gasteiger partial charge on any atom is 0.243 e. The summed E-state index contributed by atoms with van der Waals surface area (Å²) in [5.74, 6) is -0.781. The van der Waals surface area contributed by atoms with Gasteiger partial charge in [0.25, 0.3) is 0 Å². The first-order chi connectivity index (χ1) is 17.7. The Kier molecular flexibility index (Phi) is 7.46. The average Bonchev–Trinajstić information content (AvgIpc) is 3.33. The van der Waals surface area contributed by atoms with Gasteiger partial charge in [0, 0.05) is 29.6 Å². The average molecular weight is 480 g/mol. The molecule has 5 nitrogen and oxygen atoms in total. The lowest BCUT2D eigenvalue weighted by molar-refractivity contribution is -0.129. The Balaban J connectivity index is 1.43. The van der Waals surface area contributed by atoms with Gasteiger partial charge >= 0.3 is 0 Å². The molecular weight excluding hydrogens is 446 g/mol. The molecule has 36 heavy (non-hydrogen) atoms. The third kappa shape index (κ3) is 5.51. The fraction of sp³-hybridized carbons (Fsp3) is 0.290. The largest absolute Gasteiger partial charge is 0.361 e. The predicted octanol–water partition coefficient (Wildman–Crippen LogP) is 5.48. The molecule has 1 fully saturated rings. The molecule has 0 bridgehead atoms. The maximum atomic E-state index is 13.8. The van der Waals surface area contributed by atoms with Crippen LogP contribution in [0.15, 0.2) is 91.1 Å². The second-order valence-electron chi connectivity index (χ2n) is 9.72. The summed E-state index contributed by atoms with van der Waals surface area (Å²) in [7, 11) is 0. The normalized spacial score (nSPS) is 15.0. The first-order valence-corrected chi connectivity index (χ1v) is 12.9. The third-order valence-electron chi connectivity index (χ3n) is 7.21. The molecule has 1 aromatic heterocycles. The number of aromatic nitrogens is 1. The van der Waals surface area contributed by atoms with Crippen LogP contribution in [0.25, 0.3) is 10.9 Å². The molecule has 1 atom stereocenters. The van der Waals surface area contributed by atoms with E-state index in [0.717, 1.165) is 53.3 Å². The van der Waals surface area contributed by atoms with Crippen molar-refractivity contribution in [3.05, 3.63) is 108 Å². The number of para-hydroxylation sites is 1. The highest BCUT2D eigenvalue weighted by molar-refractivity contribution is 5.93. The van der Waals surface area contributed by atoms with E-state index >= 15 is 0 Å². The number of rotatable bonds is 8. The smallest absolute Gasteiger partial charge is 0.243 e. The molecule has 0 aliphatic heterocycles. The van der Waals surface area contributed by atoms with Crippen LogP contribution in [0.2, 0.25) is 0 Å². The molecular formula is C31H33N3O2. The number of amides is 2. The van der Waals surface area contributed by atoms with Gasteiger partial charge in [-0.3, -0.25) is 9.59 Å². The molecule has 3 aromatic carbocycles. The minimum absolute atomic E-state index is 0.111. The van der Waals surface area contributed by atoms with Crippen LogP contribution < -0.4 is 10.6 Å². The third-order valence-corrected chi connectivity index (χ3v) is 7.21. The lowest BCUT2D eigenvalue weighted by Crippen LogP contribution is -2.52. The van der Waals surface area contributed by atoms with Gasteiger partial charge in [-0.15, -0.1) is 0 Å². The highest BCUT2D eigenvalue weighted by Gasteiger charge is 2.30. The van der Waals surface area contributed by atoms with Crippen LogP contribution in [0.5, 0.6) is 0 Å². The highest BCUT2D eigenvalue weighted by Crippen LogP contribution is 2.26. The van der Waals surface area contributed by atoms with Gasteiger partial charge in [0.05, 0.1) is 5.92 Å². The summed E-state index contributed by atoms with van der Waals surface area (Å²) < 4.78 is 0. The molecule has 1 aliphatic rings. The van der Waals surface area contributed by atoms with Gasteiger partial charge < -0.3 is 15.6 Å². The van der Waals surface area contributed by atoms with Crippen molar-refractivity contribution in [2.24, 2.45) is 0 Å². The summed E-state index contributed by atoms with van der Waals surface area (Å²) in [4.78, 5) is 30.7. The number of carbonyl (C=O) groups excluding carboxylic acids is 2. The number of H-pyrrole nitrogens is 1. The number of fused-ring (bicyclic) bond motifs is 1. The van der Waals surface area contributed by atoms with Crippen molar-refractivity contribution in [3.63, 3.8) is 0 Å². The number of aromatic amines is 1. The molecule has 1 saturated carbocycles. The van der Waals surface area contributed by atoms with Crippen LogP contribution >= 0.6 is 0 Å². The van der Waals surface area contributed by atoms with E-state index in [9.17, 15) is 9.59 Å². The Morgan fingerprint density at radius 1 is 0.778 bits per heavy atom. The van der Waals surface area contributed by atoms with Crippen molar-refractivity contribution in [3.8, 4) is 0 Å². The molecule has 0 saturated heterocycles. The van der Waals surface area contributed by atoms with Gasteiger partial charge in [-0.1, -0.05) is 98.1 Å². The van der Waals surface area contributed by atoms with Crippen LogP contribution in [-0.2, 0) is 16.0 Å². The summed E-state index contributed by atoms with van der Waals surface area (Å²) in [6, 6.07) is 27.1. The van der Waals surface area contributed by atoms with E-state index in [0.29, 0.717) is 6.42 Å². The first-order valence-electron chi connectivity index (χ1n) is 12.9. The second kappa shape index (κ2) is 11.3. The molecule has 2 amide bonds. The molecule has 1 aliphatic carbocycles. The van der Waals surface area contributed by atoms with Gasteiger partial charge in [-0.05, 0) is 35.6 Å². The quantitative estimate of drug-likeness (QED) is 0.313. The molecule has 5 heteroatoms. The fourth-order valence-electron chi connectivity index (χ4n) is 5.32. The molecule has 5 rings (SSSR count). The van der Waals surface area contributed by atoms with Crippen LogP contribution in [0.3, 0.4) is 0 Å². The molecule has 1 heterocycles. The molecule has 184 valence electrons. The molecule has 0 radical (unpaired) electrons. The molecule has 0 spiro atoms. The summed E-state index contributed by atoms with van der Waals surface area (Å²) in [6.07, 6.45) is 7.85. The minimum atomic E-state index is -0.673. The summed E-state index contributed by atoms with van der Waals surface area (Å²) >= 11 is 0. The van der Waals surface area contributed by atoms with Crippen LogP contribution in [-0.4, -0.2) is 28.9 Å². The van der Waals surface area contributed by atoms with E-state index in [2.05, 4.69) is 21.7 Å². The van der Waals surface area contributed by atoms with Crippen LogP contribution in [0, 0.1) is 0 Å². The van der Waals surface area contributed by atoms with E-state index in [1.807, 2.05) is 85.1 Å². The Hall–Kier alpha value is -3.86. The SMILES string of the molecule is O=C(NC1CCCCC1)C(Cc1c[nH]c2ccccc12)NC(=O)C(c1ccccc1)c1ccccc1. The van der Waals surface area contributed by atoms with Gasteiger partial charge in [0.15, 0.2) is 0 Å². The first kappa shape index (κ1) is 23.9. The lowest BCUT2D eigenvalue weighted by atomic mass is 9.90. The highest BCUT2D eigenvalue weighted by atomic mass is 16.2. The fourth-order valence-corrected chi connectivity index (χ4v) is 5.32. The topological polar surface area (TPSA) is 74.0 Å². The van der Waals surface area contributed by atoms with Gasteiger partial charge in [-0.2, -0.15) is 0 Å². The number of hydrogen-bond acceptors (Lipinski definition) is 2. The Labute approximate surface area is 212 Å². The van der Waals surface area contributed by atoms with E-state index in [1.165, 1.54) is 6.42 Å². The van der Waals surface area contributed by atoms with Crippen LogP contribution in [0.4, 0.5) is 0 Å². The van der Waals surface area contributed by atoms with E-state index in [-0.39, 0.29) is 17.9 Å². The van der Waals surface area contributed by atoms with Crippen LogP contribution in [0.1, 0.15) is 54.7 Å². The van der Waals surface area contributed by atoms with Crippen molar-refractivity contribution in [1.82, 2.24) is 15.6 Å². The second-order valence-corrected chi connectivity index (χ2v) is 9.72. The zero-order valence-electron chi connectivity index (χ0n) is 20.5. The molecule has 1 unspecified atom stereocenters. The van der Waals surface area contributed by atoms with E-state index in [4.69, 9.17) is 0 Å². The zero-order chi connectivity index (χ0) is 24.7. The number of nitrogens with one attached hydrogen (secondary N) is 3. The zero-order valence-corrected chi connectivity index (χ0v) is 20.5.